The molecule has 26 heavy (non-hydrogen) atoms. The van der Waals surface area contributed by atoms with Crippen molar-refractivity contribution in [1.82, 2.24) is 15.5 Å². The molecule has 1 aromatic carbocycles. The van der Waals surface area contributed by atoms with Crippen molar-refractivity contribution < 1.29 is 18.3 Å². The number of rotatable bonds is 5. The molecule has 0 unspecified atom stereocenters. The summed E-state index contributed by atoms with van der Waals surface area (Å²) in [6.07, 6.45) is 1.24. The van der Waals surface area contributed by atoms with Crippen LogP contribution in [0.5, 0.6) is 0 Å². The summed E-state index contributed by atoms with van der Waals surface area (Å²) >= 11 is 0. The van der Waals surface area contributed by atoms with Crippen LogP contribution in [0.2, 0.25) is 0 Å². The van der Waals surface area contributed by atoms with E-state index in [1.165, 1.54) is 0 Å². The maximum Gasteiger partial charge on any atom is 0.409 e. The highest BCUT2D eigenvalue weighted by Crippen LogP contribution is 2.13. The van der Waals surface area contributed by atoms with Gasteiger partial charge in [0.25, 0.3) is 0 Å². The highest BCUT2D eigenvalue weighted by atomic mass is 19.1. The largest absolute Gasteiger partial charge is 0.450 e. The van der Waals surface area contributed by atoms with Gasteiger partial charge in [-0.25, -0.2) is 18.6 Å². The third kappa shape index (κ3) is 5.86. The summed E-state index contributed by atoms with van der Waals surface area (Å²) < 4.78 is 32.0. The average molecular weight is 368 g/mol. The number of halogens is 2. The van der Waals surface area contributed by atoms with Crippen LogP contribution in [-0.2, 0) is 11.3 Å². The van der Waals surface area contributed by atoms with Gasteiger partial charge >= 0.3 is 6.09 Å². The molecule has 8 heteroatoms. The highest BCUT2D eigenvalue weighted by molar-refractivity contribution is 5.80. The third-order valence-electron chi connectivity index (χ3n) is 4.12. The molecule has 2 rings (SSSR count). The molecule has 0 atom stereocenters. The predicted molar refractivity (Wildman–Crippen MR) is 95.9 cm³/mol. The molecule has 0 aromatic heterocycles. The lowest BCUT2D eigenvalue weighted by atomic mass is 10.1. The van der Waals surface area contributed by atoms with Crippen molar-refractivity contribution >= 4 is 12.1 Å². The van der Waals surface area contributed by atoms with Crippen molar-refractivity contribution in [2.24, 2.45) is 4.99 Å². The van der Waals surface area contributed by atoms with Crippen LogP contribution >= 0.6 is 0 Å². The molecule has 0 bridgehead atoms. The number of ether oxygens (including phenoxy) is 1. The van der Waals surface area contributed by atoms with Crippen LogP contribution in [0.4, 0.5) is 13.6 Å². The number of nitrogens with one attached hydrogen (secondary N) is 2. The van der Waals surface area contributed by atoms with Crippen LogP contribution in [0.3, 0.4) is 0 Å². The molecule has 0 aliphatic carbocycles. The summed E-state index contributed by atoms with van der Waals surface area (Å²) in [5.74, 6) is -0.416. The Hall–Kier alpha value is -2.38. The molecule has 6 nitrogen and oxygen atoms in total. The summed E-state index contributed by atoms with van der Waals surface area (Å²) in [5.41, 5.74) is 0.208. The van der Waals surface area contributed by atoms with E-state index in [1.54, 1.807) is 11.8 Å². The number of amides is 1. The fraction of sp³-hybridized carbons (Fsp3) is 0.556. The van der Waals surface area contributed by atoms with Gasteiger partial charge in [-0.1, -0.05) is 0 Å². The molecule has 2 N–H and O–H groups in total. The van der Waals surface area contributed by atoms with Crippen LogP contribution in [0.1, 0.15) is 32.3 Å². The number of piperidine rings is 1. The van der Waals surface area contributed by atoms with E-state index in [9.17, 15) is 13.6 Å². The van der Waals surface area contributed by atoms with Gasteiger partial charge in [0.1, 0.15) is 11.6 Å². The lowest BCUT2D eigenvalue weighted by Gasteiger charge is -2.32. The first kappa shape index (κ1) is 19.9. The Labute approximate surface area is 152 Å². The molecule has 1 amide bonds. The van der Waals surface area contributed by atoms with Gasteiger partial charge in [0.15, 0.2) is 5.96 Å². The summed E-state index contributed by atoms with van der Waals surface area (Å²) in [7, 11) is 0. The number of guanidine groups is 1. The molecule has 1 aliphatic heterocycles. The van der Waals surface area contributed by atoms with Crippen molar-refractivity contribution in [1.29, 1.82) is 0 Å². The van der Waals surface area contributed by atoms with Gasteiger partial charge < -0.3 is 20.3 Å². The van der Waals surface area contributed by atoms with Crippen molar-refractivity contribution in [2.45, 2.75) is 39.3 Å². The number of aliphatic imine (C=N–C) groups is 1. The quantitative estimate of drug-likeness (QED) is 0.619. The minimum atomic E-state index is -0.485. The van der Waals surface area contributed by atoms with Gasteiger partial charge in [-0.15, -0.1) is 0 Å². The van der Waals surface area contributed by atoms with Crippen molar-refractivity contribution in [3.63, 3.8) is 0 Å². The molecule has 0 spiro atoms. The molecule has 1 aromatic rings. The van der Waals surface area contributed by atoms with Crippen molar-refractivity contribution in [2.75, 3.05) is 26.2 Å². The van der Waals surface area contributed by atoms with E-state index in [0.717, 1.165) is 31.0 Å². The number of hydrogen-bond donors (Lipinski definition) is 2. The van der Waals surface area contributed by atoms with Crippen molar-refractivity contribution in [3.05, 3.63) is 35.4 Å². The SMILES string of the molecule is CCNC(=NCc1cc(F)ccc1F)NC1CCN(C(=O)OCC)CC1. The summed E-state index contributed by atoms with van der Waals surface area (Å²) in [4.78, 5) is 17.8. The highest BCUT2D eigenvalue weighted by Gasteiger charge is 2.24. The fourth-order valence-corrected chi connectivity index (χ4v) is 2.76. The Morgan fingerprint density at radius 1 is 1.31 bits per heavy atom. The average Bonchev–Trinajstić information content (AvgIpc) is 2.63. The second-order valence-electron chi connectivity index (χ2n) is 6.04. The van der Waals surface area contributed by atoms with E-state index in [-0.39, 0.29) is 24.2 Å². The molecule has 1 aliphatic rings. The zero-order chi connectivity index (χ0) is 18.9. The first-order chi connectivity index (χ1) is 12.5. The van der Waals surface area contributed by atoms with Gasteiger partial charge in [0.05, 0.1) is 13.2 Å². The van der Waals surface area contributed by atoms with Crippen LogP contribution in [-0.4, -0.2) is 49.2 Å². The van der Waals surface area contributed by atoms with Gasteiger partial charge in [-0.05, 0) is 44.9 Å². The Morgan fingerprint density at radius 2 is 2.04 bits per heavy atom. The lowest BCUT2D eigenvalue weighted by molar-refractivity contribution is 0.0963. The third-order valence-corrected chi connectivity index (χ3v) is 4.12. The molecule has 0 saturated carbocycles. The summed E-state index contributed by atoms with van der Waals surface area (Å²) in [6.45, 7) is 5.99. The van der Waals surface area contributed by atoms with Crippen LogP contribution in [0.15, 0.2) is 23.2 Å². The lowest BCUT2D eigenvalue weighted by Crippen LogP contribution is -2.49. The standard InChI is InChI=1S/C18H26F2N4O2/c1-3-21-17(22-12-13-11-14(19)5-6-16(13)20)23-15-7-9-24(10-8-15)18(25)26-4-2/h5-6,11,15H,3-4,7-10,12H2,1-2H3,(H2,21,22,23). The van der Waals surface area contributed by atoms with Gasteiger partial charge in [0, 0.05) is 31.2 Å². The second-order valence-corrected chi connectivity index (χ2v) is 6.04. The zero-order valence-electron chi connectivity index (χ0n) is 15.2. The maximum absolute atomic E-state index is 13.7. The first-order valence-corrected chi connectivity index (χ1v) is 8.94. The number of likely N-dealkylation sites (tertiary alicyclic amines) is 1. The molecular weight excluding hydrogens is 342 g/mol. The van der Waals surface area contributed by atoms with E-state index >= 15 is 0 Å². The molecular formula is C18H26F2N4O2. The van der Waals surface area contributed by atoms with Gasteiger partial charge in [-0.2, -0.15) is 0 Å². The molecule has 0 radical (unpaired) electrons. The maximum atomic E-state index is 13.7. The fourth-order valence-electron chi connectivity index (χ4n) is 2.76. The zero-order valence-corrected chi connectivity index (χ0v) is 15.2. The minimum Gasteiger partial charge on any atom is -0.450 e. The molecule has 144 valence electrons. The Balaban J connectivity index is 1.92. The minimum absolute atomic E-state index is 0.0423. The number of hydrogen-bond acceptors (Lipinski definition) is 3. The number of carbonyl (C=O) groups is 1. The smallest absolute Gasteiger partial charge is 0.409 e. The van der Waals surface area contributed by atoms with E-state index in [1.807, 2.05) is 6.92 Å². The van der Waals surface area contributed by atoms with E-state index < -0.39 is 11.6 Å². The predicted octanol–water partition coefficient (Wildman–Crippen LogP) is 2.64. The Bertz CT molecular complexity index is 632. The normalized spacial score (nSPS) is 15.7. The Kier molecular flexibility index (Phi) is 7.62. The molecule has 1 fully saturated rings. The second kappa shape index (κ2) is 9.94. The summed E-state index contributed by atoms with van der Waals surface area (Å²) in [5, 5.41) is 6.40. The number of benzene rings is 1. The molecule has 1 heterocycles. The summed E-state index contributed by atoms with van der Waals surface area (Å²) in [6, 6.07) is 3.49. The van der Waals surface area contributed by atoms with Gasteiger partial charge in [-0.3, -0.25) is 0 Å². The molecule has 1 saturated heterocycles. The van der Waals surface area contributed by atoms with Crippen LogP contribution in [0.25, 0.3) is 0 Å². The first-order valence-electron chi connectivity index (χ1n) is 8.94. The number of nitrogens with zero attached hydrogens (tertiary/aromatic N) is 2. The van der Waals surface area contributed by atoms with Gasteiger partial charge in [0.2, 0.25) is 0 Å². The van der Waals surface area contributed by atoms with Crippen LogP contribution < -0.4 is 10.6 Å². The monoisotopic (exact) mass is 368 g/mol. The topological polar surface area (TPSA) is 66.0 Å². The van der Waals surface area contributed by atoms with Crippen LogP contribution in [0, 0.1) is 11.6 Å². The number of carbonyl (C=O) groups excluding carboxylic acids is 1. The van der Waals surface area contributed by atoms with E-state index in [2.05, 4.69) is 15.6 Å². The van der Waals surface area contributed by atoms with E-state index in [4.69, 9.17) is 4.74 Å². The van der Waals surface area contributed by atoms with E-state index in [0.29, 0.717) is 32.2 Å². The van der Waals surface area contributed by atoms with Crippen molar-refractivity contribution in [3.8, 4) is 0 Å². The Morgan fingerprint density at radius 3 is 2.69 bits per heavy atom.